The number of anilines is 1. The Bertz CT molecular complexity index is 1090. The highest BCUT2D eigenvalue weighted by Gasteiger charge is 2.35. The van der Waals surface area contributed by atoms with Gasteiger partial charge in [0.1, 0.15) is 11.3 Å². The summed E-state index contributed by atoms with van der Waals surface area (Å²) in [6.45, 7) is 2.21. The lowest BCUT2D eigenvalue weighted by Crippen LogP contribution is -2.22. The van der Waals surface area contributed by atoms with Gasteiger partial charge >= 0.3 is 5.63 Å². The van der Waals surface area contributed by atoms with Crippen LogP contribution >= 0.6 is 0 Å². The van der Waals surface area contributed by atoms with Gasteiger partial charge in [0.2, 0.25) is 0 Å². The molecule has 1 heterocycles. The SMILES string of the molecule is CCCCC1(c2cc(O)c3cc(-c4ccc(N(C)C)cc4)c(=O)oc3c2)CCCC1. The Labute approximate surface area is 178 Å². The summed E-state index contributed by atoms with van der Waals surface area (Å²) in [6.07, 6.45) is 8.16. The molecule has 1 saturated carbocycles. The summed E-state index contributed by atoms with van der Waals surface area (Å²) in [6, 6.07) is 13.4. The molecule has 0 bridgehead atoms. The fourth-order valence-corrected chi connectivity index (χ4v) is 4.90. The van der Waals surface area contributed by atoms with E-state index in [1.165, 1.54) is 19.3 Å². The number of phenolic OH excluding ortho intramolecular Hbond substituents is 1. The molecule has 158 valence electrons. The highest BCUT2D eigenvalue weighted by Crippen LogP contribution is 2.47. The number of rotatable bonds is 6. The van der Waals surface area contributed by atoms with Crippen molar-refractivity contribution in [3.8, 4) is 16.9 Å². The molecule has 1 aliphatic rings. The number of hydrogen-bond donors (Lipinski definition) is 1. The minimum atomic E-state index is -0.370. The number of hydrogen-bond acceptors (Lipinski definition) is 4. The molecule has 1 N–H and O–H groups in total. The molecule has 30 heavy (non-hydrogen) atoms. The molecule has 1 aromatic heterocycles. The molecule has 2 aromatic carbocycles. The Morgan fingerprint density at radius 3 is 2.40 bits per heavy atom. The zero-order chi connectivity index (χ0) is 21.3. The van der Waals surface area contributed by atoms with Gasteiger partial charge in [0, 0.05) is 19.8 Å². The lowest BCUT2D eigenvalue weighted by Gasteiger charge is -2.30. The van der Waals surface area contributed by atoms with Gasteiger partial charge in [-0.25, -0.2) is 4.79 Å². The van der Waals surface area contributed by atoms with Crippen LogP contribution in [0.2, 0.25) is 0 Å². The van der Waals surface area contributed by atoms with Crippen molar-refractivity contribution in [2.45, 2.75) is 57.3 Å². The van der Waals surface area contributed by atoms with Crippen LogP contribution in [0.15, 0.2) is 51.7 Å². The first-order valence-electron chi connectivity index (χ1n) is 11.0. The van der Waals surface area contributed by atoms with Crippen LogP contribution in [0.3, 0.4) is 0 Å². The smallest absolute Gasteiger partial charge is 0.344 e. The van der Waals surface area contributed by atoms with Crippen LogP contribution in [0.5, 0.6) is 5.75 Å². The van der Waals surface area contributed by atoms with Crippen molar-refractivity contribution in [3.63, 3.8) is 0 Å². The molecule has 0 amide bonds. The first-order chi connectivity index (χ1) is 14.4. The average Bonchev–Trinajstić information content (AvgIpc) is 3.22. The quantitative estimate of drug-likeness (QED) is 0.494. The predicted octanol–water partition coefficient (Wildman–Crippen LogP) is 6.23. The normalized spacial score (nSPS) is 15.6. The summed E-state index contributed by atoms with van der Waals surface area (Å²) in [4.78, 5) is 14.8. The Morgan fingerprint density at radius 2 is 1.77 bits per heavy atom. The summed E-state index contributed by atoms with van der Waals surface area (Å²) >= 11 is 0. The van der Waals surface area contributed by atoms with Gasteiger partial charge in [-0.3, -0.25) is 0 Å². The summed E-state index contributed by atoms with van der Waals surface area (Å²) in [5.41, 5.74) is 3.64. The first kappa shape index (κ1) is 20.5. The second-order valence-corrected chi connectivity index (χ2v) is 8.89. The molecule has 1 fully saturated rings. The third kappa shape index (κ3) is 3.71. The Morgan fingerprint density at radius 1 is 1.07 bits per heavy atom. The summed E-state index contributed by atoms with van der Waals surface area (Å²) in [5.74, 6) is 0.195. The highest BCUT2D eigenvalue weighted by atomic mass is 16.4. The maximum Gasteiger partial charge on any atom is 0.344 e. The molecule has 4 heteroatoms. The number of unbranched alkanes of at least 4 members (excludes halogenated alkanes) is 1. The van der Waals surface area contributed by atoms with Crippen LogP contribution in [-0.2, 0) is 5.41 Å². The second kappa shape index (κ2) is 8.17. The van der Waals surface area contributed by atoms with E-state index in [0.29, 0.717) is 16.5 Å². The van der Waals surface area contributed by atoms with E-state index in [4.69, 9.17) is 4.42 Å². The Kier molecular flexibility index (Phi) is 5.59. The van der Waals surface area contributed by atoms with Gasteiger partial charge in [-0.2, -0.15) is 0 Å². The minimum absolute atomic E-state index is 0.0981. The van der Waals surface area contributed by atoms with E-state index in [9.17, 15) is 9.90 Å². The van der Waals surface area contributed by atoms with E-state index in [-0.39, 0.29) is 16.8 Å². The van der Waals surface area contributed by atoms with Crippen LogP contribution in [-0.4, -0.2) is 19.2 Å². The topological polar surface area (TPSA) is 53.7 Å². The van der Waals surface area contributed by atoms with Crippen LogP contribution < -0.4 is 10.5 Å². The third-order valence-corrected chi connectivity index (χ3v) is 6.71. The molecule has 0 saturated heterocycles. The number of benzene rings is 2. The van der Waals surface area contributed by atoms with Crippen LogP contribution in [0.4, 0.5) is 5.69 Å². The molecule has 0 radical (unpaired) electrons. The van der Waals surface area contributed by atoms with E-state index < -0.39 is 0 Å². The van der Waals surface area contributed by atoms with Crippen LogP contribution in [0.1, 0.15) is 57.4 Å². The average molecular weight is 406 g/mol. The maximum absolute atomic E-state index is 12.8. The van der Waals surface area contributed by atoms with Crippen molar-refractivity contribution >= 4 is 16.7 Å². The molecular weight excluding hydrogens is 374 g/mol. The minimum Gasteiger partial charge on any atom is -0.507 e. The summed E-state index contributed by atoms with van der Waals surface area (Å²) in [7, 11) is 3.96. The van der Waals surface area contributed by atoms with Gasteiger partial charge < -0.3 is 14.4 Å². The second-order valence-electron chi connectivity index (χ2n) is 8.89. The number of fused-ring (bicyclic) bond motifs is 1. The van der Waals surface area contributed by atoms with Crippen molar-refractivity contribution in [2.24, 2.45) is 0 Å². The molecule has 1 aliphatic carbocycles. The largest absolute Gasteiger partial charge is 0.507 e. The maximum atomic E-state index is 12.8. The van der Waals surface area contributed by atoms with E-state index in [1.807, 2.05) is 55.4 Å². The van der Waals surface area contributed by atoms with E-state index in [0.717, 1.165) is 42.5 Å². The molecule has 4 nitrogen and oxygen atoms in total. The van der Waals surface area contributed by atoms with Crippen LogP contribution in [0, 0.1) is 0 Å². The zero-order valence-corrected chi connectivity index (χ0v) is 18.2. The van der Waals surface area contributed by atoms with Gasteiger partial charge in [-0.1, -0.05) is 44.7 Å². The molecule has 0 unspecified atom stereocenters. The van der Waals surface area contributed by atoms with Gasteiger partial charge in [-0.15, -0.1) is 0 Å². The number of aromatic hydroxyl groups is 1. The van der Waals surface area contributed by atoms with E-state index >= 15 is 0 Å². The van der Waals surface area contributed by atoms with E-state index in [2.05, 4.69) is 6.92 Å². The van der Waals surface area contributed by atoms with E-state index in [1.54, 1.807) is 6.07 Å². The molecule has 4 rings (SSSR count). The van der Waals surface area contributed by atoms with Gasteiger partial charge in [0.05, 0.1) is 10.9 Å². The number of nitrogens with zero attached hydrogens (tertiary/aromatic N) is 1. The Balaban J connectivity index is 1.78. The molecular formula is C26H31NO3. The standard InChI is InChI=1S/C26H31NO3/c1-4-5-12-26(13-6-7-14-26)19-15-23(28)22-17-21(25(29)30-24(22)16-19)18-8-10-20(11-9-18)27(2)3/h8-11,15-17,28H,4-7,12-14H2,1-3H3. The zero-order valence-electron chi connectivity index (χ0n) is 18.2. The third-order valence-electron chi connectivity index (χ3n) is 6.71. The monoisotopic (exact) mass is 405 g/mol. The van der Waals surface area contributed by atoms with Crippen molar-refractivity contribution in [2.75, 3.05) is 19.0 Å². The van der Waals surface area contributed by atoms with Gasteiger partial charge in [-0.05, 0) is 66.1 Å². The number of phenols is 1. The molecule has 0 atom stereocenters. The molecule has 0 spiro atoms. The van der Waals surface area contributed by atoms with Crippen molar-refractivity contribution < 1.29 is 9.52 Å². The summed E-state index contributed by atoms with van der Waals surface area (Å²) in [5, 5.41) is 11.5. The fraction of sp³-hybridized carbons (Fsp3) is 0.423. The molecule has 0 aliphatic heterocycles. The lowest BCUT2D eigenvalue weighted by atomic mass is 9.74. The molecule has 3 aromatic rings. The van der Waals surface area contributed by atoms with Gasteiger partial charge in [0.15, 0.2) is 0 Å². The summed E-state index contributed by atoms with van der Waals surface area (Å²) < 4.78 is 5.73. The fourth-order valence-electron chi connectivity index (χ4n) is 4.90. The predicted molar refractivity (Wildman–Crippen MR) is 124 cm³/mol. The van der Waals surface area contributed by atoms with Crippen molar-refractivity contribution in [1.29, 1.82) is 0 Å². The lowest BCUT2D eigenvalue weighted by molar-refractivity contribution is 0.387. The Hall–Kier alpha value is -2.75. The highest BCUT2D eigenvalue weighted by molar-refractivity contribution is 5.88. The van der Waals surface area contributed by atoms with Crippen LogP contribution in [0.25, 0.3) is 22.1 Å². The van der Waals surface area contributed by atoms with Crippen molar-refractivity contribution in [3.05, 3.63) is 58.4 Å². The first-order valence-corrected chi connectivity index (χ1v) is 11.0. The van der Waals surface area contributed by atoms with Crippen molar-refractivity contribution in [1.82, 2.24) is 0 Å². The van der Waals surface area contributed by atoms with Gasteiger partial charge in [0.25, 0.3) is 0 Å².